The van der Waals surface area contributed by atoms with Crippen molar-refractivity contribution in [3.63, 3.8) is 0 Å². The van der Waals surface area contributed by atoms with Gasteiger partial charge in [0, 0.05) is 44.5 Å². The van der Waals surface area contributed by atoms with E-state index in [1.165, 1.54) is 83.1 Å². The summed E-state index contributed by atoms with van der Waals surface area (Å²) in [7, 11) is 0. The summed E-state index contributed by atoms with van der Waals surface area (Å²) in [5, 5.41) is 3.78. The SMILES string of the molecule is CC1(C)c2ccccc2-c2ccc(N(c3ccc(-c4ccccc4)cc3)c3ccc4c(c3)c3c(n4-c4ccc5ccccc5c4)-c4ccccc4C3(C)C)cc21. The number of anilines is 3. The maximum atomic E-state index is 2.52. The molecular weight excluding hydrogens is 677 g/mol. The molecule has 0 bridgehead atoms. The van der Waals surface area contributed by atoms with Crippen LogP contribution >= 0.6 is 0 Å². The van der Waals surface area contributed by atoms with Gasteiger partial charge < -0.3 is 9.47 Å². The Hall–Kier alpha value is -6.64. The molecule has 0 radical (unpaired) electrons. The molecule has 0 unspecified atom stereocenters. The molecule has 9 aromatic rings. The largest absolute Gasteiger partial charge is 0.310 e. The van der Waals surface area contributed by atoms with Crippen LogP contribution in [0.1, 0.15) is 49.9 Å². The second-order valence-corrected chi connectivity index (χ2v) is 16.6. The molecule has 0 atom stereocenters. The maximum Gasteiger partial charge on any atom is 0.0585 e. The molecular formula is C54H42N2. The Kier molecular flexibility index (Phi) is 6.98. The molecule has 0 N–H and O–H groups in total. The Balaban J connectivity index is 1.15. The van der Waals surface area contributed by atoms with E-state index in [4.69, 9.17) is 0 Å². The van der Waals surface area contributed by atoms with E-state index in [9.17, 15) is 0 Å². The summed E-state index contributed by atoms with van der Waals surface area (Å²) in [6, 6.07) is 67.5. The first-order valence-electron chi connectivity index (χ1n) is 19.8. The van der Waals surface area contributed by atoms with Crippen LogP contribution in [0.4, 0.5) is 17.1 Å². The van der Waals surface area contributed by atoms with Crippen molar-refractivity contribution >= 4 is 38.7 Å². The Morgan fingerprint density at radius 3 is 1.79 bits per heavy atom. The topological polar surface area (TPSA) is 8.17 Å². The van der Waals surface area contributed by atoms with Gasteiger partial charge in [-0.3, -0.25) is 0 Å². The Bertz CT molecular complexity index is 3020. The number of hydrogen-bond donors (Lipinski definition) is 0. The quantitative estimate of drug-likeness (QED) is 0.172. The Labute approximate surface area is 328 Å². The molecule has 1 aromatic heterocycles. The molecule has 8 aromatic carbocycles. The van der Waals surface area contributed by atoms with Crippen molar-refractivity contribution in [2.75, 3.05) is 4.90 Å². The summed E-state index contributed by atoms with van der Waals surface area (Å²) in [6.45, 7) is 9.53. The summed E-state index contributed by atoms with van der Waals surface area (Å²) in [5.41, 5.74) is 18.8. The van der Waals surface area contributed by atoms with Crippen LogP contribution in [0.5, 0.6) is 0 Å². The fourth-order valence-corrected chi connectivity index (χ4v) is 9.97. The van der Waals surface area contributed by atoms with E-state index < -0.39 is 0 Å². The van der Waals surface area contributed by atoms with Crippen LogP contribution in [0.25, 0.3) is 60.9 Å². The van der Waals surface area contributed by atoms with Crippen LogP contribution < -0.4 is 4.90 Å². The number of fused-ring (bicyclic) bond motifs is 9. The number of aromatic nitrogens is 1. The van der Waals surface area contributed by atoms with Gasteiger partial charge in [-0.2, -0.15) is 0 Å². The standard InChI is InChI=1S/C54H42N2/c1-53(2)47-20-12-10-18-43(47)44-30-28-42(34-49(44)53)55(39-25-22-37(23-26-39)35-14-6-5-7-15-35)41-29-31-50-46(33-41)51-52(45-19-11-13-21-48(45)54(51,3)4)56(50)40-27-24-36-16-8-9-17-38(36)32-40/h5-34H,1-4H3. The lowest BCUT2D eigenvalue weighted by atomic mass is 9.81. The minimum absolute atomic E-state index is 0.109. The summed E-state index contributed by atoms with van der Waals surface area (Å²) in [6.07, 6.45) is 0. The van der Waals surface area contributed by atoms with Gasteiger partial charge in [0.15, 0.2) is 0 Å². The van der Waals surface area contributed by atoms with Gasteiger partial charge in [-0.15, -0.1) is 0 Å². The molecule has 56 heavy (non-hydrogen) atoms. The van der Waals surface area contributed by atoms with Crippen molar-refractivity contribution in [1.29, 1.82) is 0 Å². The average molecular weight is 719 g/mol. The van der Waals surface area contributed by atoms with Crippen molar-refractivity contribution < 1.29 is 0 Å². The third-order valence-electron chi connectivity index (χ3n) is 12.7. The number of nitrogens with zero attached hydrogens (tertiary/aromatic N) is 2. The normalized spacial score (nSPS) is 14.4. The average Bonchev–Trinajstić information content (AvgIpc) is 3.79. The van der Waals surface area contributed by atoms with Crippen LogP contribution in [0, 0.1) is 0 Å². The number of hydrogen-bond acceptors (Lipinski definition) is 1. The molecule has 1 heterocycles. The van der Waals surface area contributed by atoms with Gasteiger partial charge in [0.25, 0.3) is 0 Å². The van der Waals surface area contributed by atoms with Crippen LogP contribution in [-0.2, 0) is 10.8 Å². The van der Waals surface area contributed by atoms with E-state index in [-0.39, 0.29) is 10.8 Å². The summed E-state index contributed by atoms with van der Waals surface area (Å²) in [4.78, 5) is 2.46. The van der Waals surface area contributed by atoms with E-state index in [0.717, 1.165) is 17.1 Å². The Morgan fingerprint density at radius 2 is 1.00 bits per heavy atom. The highest BCUT2D eigenvalue weighted by molar-refractivity contribution is 6.02. The predicted octanol–water partition coefficient (Wildman–Crippen LogP) is 14.5. The lowest BCUT2D eigenvalue weighted by Gasteiger charge is -2.29. The third-order valence-corrected chi connectivity index (χ3v) is 12.7. The first kappa shape index (κ1) is 32.8. The van der Waals surface area contributed by atoms with E-state index >= 15 is 0 Å². The molecule has 2 nitrogen and oxygen atoms in total. The van der Waals surface area contributed by atoms with Crippen molar-refractivity contribution in [1.82, 2.24) is 4.57 Å². The minimum atomic E-state index is -0.184. The number of rotatable bonds is 5. The molecule has 0 aliphatic heterocycles. The van der Waals surface area contributed by atoms with E-state index in [2.05, 4.69) is 219 Å². The first-order valence-corrected chi connectivity index (χ1v) is 19.8. The van der Waals surface area contributed by atoms with Crippen molar-refractivity contribution in [2.45, 2.75) is 38.5 Å². The molecule has 268 valence electrons. The van der Waals surface area contributed by atoms with Crippen LogP contribution in [-0.4, -0.2) is 4.57 Å². The lowest BCUT2D eigenvalue weighted by molar-refractivity contribution is 0.660. The van der Waals surface area contributed by atoms with Crippen LogP contribution in [0.15, 0.2) is 182 Å². The molecule has 0 amide bonds. The summed E-state index contributed by atoms with van der Waals surface area (Å²) >= 11 is 0. The lowest BCUT2D eigenvalue weighted by Crippen LogP contribution is -2.17. The van der Waals surface area contributed by atoms with Crippen LogP contribution in [0.3, 0.4) is 0 Å². The van der Waals surface area contributed by atoms with Crippen molar-refractivity contribution in [3.05, 3.63) is 204 Å². The van der Waals surface area contributed by atoms with E-state index in [1.54, 1.807) is 0 Å². The van der Waals surface area contributed by atoms with Gasteiger partial charge in [-0.05, 0) is 110 Å². The fourth-order valence-electron chi connectivity index (χ4n) is 9.97. The van der Waals surface area contributed by atoms with Gasteiger partial charge in [0.05, 0.1) is 11.2 Å². The molecule has 11 rings (SSSR count). The van der Waals surface area contributed by atoms with Crippen LogP contribution in [0.2, 0.25) is 0 Å². The zero-order chi connectivity index (χ0) is 37.8. The van der Waals surface area contributed by atoms with Gasteiger partial charge in [-0.1, -0.05) is 155 Å². The monoisotopic (exact) mass is 718 g/mol. The first-order chi connectivity index (χ1) is 27.3. The minimum Gasteiger partial charge on any atom is -0.310 e. The smallest absolute Gasteiger partial charge is 0.0585 e. The van der Waals surface area contributed by atoms with Crippen molar-refractivity contribution in [2.24, 2.45) is 0 Å². The van der Waals surface area contributed by atoms with E-state index in [1.807, 2.05) is 0 Å². The zero-order valence-corrected chi connectivity index (χ0v) is 32.2. The Morgan fingerprint density at radius 1 is 0.411 bits per heavy atom. The molecule has 0 spiro atoms. The second-order valence-electron chi connectivity index (χ2n) is 16.6. The molecule has 0 saturated carbocycles. The van der Waals surface area contributed by atoms with Gasteiger partial charge >= 0.3 is 0 Å². The van der Waals surface area contributed by atoms with Gasteiger partial charge in [0.1, 0.15) is 0 Å². The summed E-state index contributed by atoms with van der Waals surface area (Å²) in [5.74, 6) is 0. The van der Waals surface area contributed by atoms with E-state index in [0.29, 0.717) is 0 Å². The number of benzene rings is 8. The zero-order valence-electron chi connectivity index (χ0n) is 32.2. The summed E-state index contributed by atoms with van der Waals surface area (Å²) < 4.78 is 2.52. The highest BCUT2D eigenvalue weighted by Crippen LogP contribution is 2.55. The van der Waals surface area contributed by atoms with Crippen molar-refractivity contribution in [3.8, 4) is 39.2 Å². The highest BCUT2D eigenvalue weighted by Gasteiger charge is 2.41. The third kappa shape index (κ3) is 4.69. The molecule has 2 aliphatic rings. The second kappa shape index (κ2) is 11.9. The fraction of sp³-hybridized carbons (Fsp3) is 0.111. The highest BCUT2D eigenvalue weighted by atomic mass is 15.1. The maximum absolute atomic E-state index is 2.52. The molecule has 2 aliphatic carbocycles. The molecule has 0 fully saturated rings. The molecule has 2 heteroatoms. The molecule has 0 saturated heterocycles. The van der Waals surface area contributed by atoms with Gasteiger partial charge in [-0.25, -0.2) is 0 Å². The predicted molar refractivity (Wildman–Crippen MR) is 236 cm³/mol. The van der Waals surface area contributed by atoms with Gasteiger partial charge in [0.2, 0.25) is 0 Å².